The molecule has 0 bridgehead atoms. The predicted molar refractivity (Wildman–Crippen MR) is 107 cm³/mol. The van der Waals surface area contributed by atoms with E-state index in [1.54, 1.807) is 35.1 Å². The van der Waals surface area contributed by atoms with Gasteiger partial charge in [-0.15, -0.1) is 5.10 Å². The Balaban J connectivity index is 1.45. The smallest absolute Gasteiger partial charge is 0.331 e. The van der Waals surface area contributed by atoms with Crippen LogP contribution < -0.4 is 10.1 Å². The fourth-order valence-electron chi connectivity index (χ4n) is 2.47. The van der Waals surface area contributed by atoms with E-state index in [9.17, 15) is 9.59 Å². The highest BCUT2D eigenvalue weighted by atomic mass is 16.5. The second-order valence-electron chi connectivity index (χ2n) is 6.05. The first-order chi connectivity index (χ1) is 14.1. The van der Waals surface area contributed by atoms with Crippen LogP contribution >= 0.6 is 0 Å². The number of esters is 1. The molecule has 8 heteroatoms. The number of carbonyl (C=O) groups is 2. The third-order valence-corrected chi connectivity index (χ3v) is 3.83. The van der Waals surface area contributed by atoms with Gasteiger partial charge < -0.3 is 14.8 Å². The number of hydrogen-bond donors (Lipinski definition) is 1. The molecule has 8 nitrogen and oxygen atoms in total. The summed E-state index contributed by atoms with van der Waals surface area (Å²) in [5, 5.41) is 10.6. The highest BCUT2D eigenvalue weighted by molar-refractivity contribution is 5.94. The van der Waals surface area contributed by atoms with Gasteiger partial charge in [0, 0.05) is 17.8 Å². The molecule has 148 valence electrons. The van der Waals surface area contributed by atoms with Crippen LogP contribution in [0.25, 0.3) is 6.08 Å². The van der Waals surface area contributed by atoms with Crippen LogP contribution in [0.4, 0.5) is 5.69 Å². The van der Waals surface area contributed by atoms with Gasteiger partial charge in [-0.2, -0.15) is 0 Å². The van der Waals surface area contributed by atoms with Crippen molar-refractivity contribution in [2.45, 2.75) is 6.54 Å². The molecule has 1 heterocycles. The summed E-state index contributed by atoms with van der Waals surface area (Å²) >= 11 is 0. The van der Waals surface area contributed by atoms with Crippen molar-refractivity contribution in [1.82, 2.24) is 15.0 Å². The number of benzene rings is 2. The topological polar surface area (TPSA) is 95.3 Å². The quantitative estimate of drug-likeness (QED) is 0.468. The summed E-state index contributed by atoms with van der Waals surface area (Å²) in [5.74, 6) is -0.486. The van der Waals surface area contributed by atoms with Crippen molar-refractivity contribution in [3.05, 3.63) is 78.1 Å². The van der Waals surface area contributed by atoms with Crippen LogP contribution in [0.1, 0.15) is 11.3 Å². The van der Waals surface area contributed by atoms with Crippen LogP contribution in [0.15, 0.2) is 66.9 Å². The maximum absolute atomic E-state index is 11.9. The van der Waals surface area contributed by atoms with Gasteiger partial charge in [0.1, 0.15) is 11.4 Å². The average Bonchev–Trinajstić information content (AvgIpc) is 3.19. The van der Waals surface area contributed by atoms with Crippen LogP contribution in [0.2, 0.25) is 0 Å². The zero-order valence-corrected chi connectivity index (χ0v) is 15.8. The number of hydrogen-bond acceptors (Lipinski definition) is 6. The molecular weight excluding hydrogens is 372 g/mol. The molecule has 1 N–H and O–H groups in total. The number of carbonyl (C=O) groups excluding carboxylic acids is 2. The SMILES string of the molecule is COc1cccc(NC(=O)COC(=O)/C=C/c2cn(Cc3ccccc3)nn2)c1. The summed E-state index contributed by atoms with van der Waals surface area (Å²) in [5.41, 5.74) is 2.16. The second kappa shape index (κ2) is 9.84. The van der Waals surface area contributed by atoms with E-state index in [-0.39, 0.29) is 0 Å². The molecule has 0 aliphatic carbocycles. The molecule has 0 aliphatic heterocycles. The van der Waals surface area contributed by atoms with Crippen molar-refractivity contribution >= 4 is 23.6 Å². The second-order valence-corrected chi connectivity index (χ2v) is 6.05. The molecule has 0 saturated heterocycles. The third kappa shape index (κ3) is 6.31. The van der Waals surface area contributed by atoms with Gasteiger partial charge in [0.25, 0.3) is 5.91 Å². The lowest BCUT2D eigenvalue weighted by atomic mass is 10.2. The van der Waals surface area contributed by atoms with Crippen LogP contribution in [0, 0.1) is 0 Å². The largest absolute Gasteiger partial charge is 0.497 e. The molecule has 0 spiro atoms. The Labute approximate surface area is 167 Å². The minimum atomic E-state index is -0.650. The van der Waals surface area contributed by atoms with E-state index in [4.69, 9.17) is 9.47 Å². The van der Waals surface area contributed by atoms with Gasteiger partial charge in [0.05, 0.1) is 19.9 Å². The Morgan fingerprint density at radius 1 is 1.14 bits per heavy atom. The molecule has 3 rings (SSSR count). The molecule has 29 heavy (non-hydrogen) atoms. The summed E-state index contributed by atoms with van der Waals surface area (Å²) in [6, 6.07) is 16.7. The molecule has 2 aromatic carbocycles. The van der Waals surface area contributed by atoms with E-state index in [0.29, 0.717) is 23.7 Å². The van der Waals surface area contributed by atoms with Crippen LogP contribution in [0.5, 0.6) is 5.75 Å². The summed E-state index contributed by atoms with van der Waals surface area (Å²) in [6.45, 7) is 0.178. The molecule has 0 fully saturated rings. The predicted octanol–water partition coefficient (Wildman–Crippen LogP) is 2.53. The van der Waals surface area contributed by atoms with E-state index in [0.717, 1.165) is 5.56 Å². The van der Waals surface area contributed by atoms with Gasteiger partial charge in [-0.05, 0) is 23.8 Å². The zero-order chi connectivity index (χ0) is 20.5. The molecule has 1 aromatic heterocycles. The minimum Gasteiger partial charge on any atom is -0.497 e. The first-order valence-corrected chi connectivity index (χ1v) is 8.85. The number of methoxy groups -OCH3 is 1. The van der Waals surface area contributed by atoms with Crippen molar-refractivity contribution in [2.24, 2.45) is 0 Å². The number of ether oxygens (including phenoxy) is 2. The lowest BCUT2D eigenvalue weighted by Crippen LogP contribution is -2.20. The van der Waals surface area contributed by atoms with Gasteiger partial charge in [-0.25, -0.2) is 9.48 Å². The first-order valence-electron chi connectivity index (χ1n) is 8.85. The average molecular weight is 392 g/mol. The van der Waals surface area contributed by atoms with Gasteiger partial charge in [-0.3, -0.25) is 4.79 Å². The Hall–Kier alpha value is -3.94. The van der Waals surface area contributed by atoms with Gasteiger partial charge in [-0.1, -0.05) is 41.6 Å². The molecule has 1 amide bonds. The monoisotopic (exact) mass is 392 g/mol. The van der Waals surface area contributed by atoms with Crippen molar-refractivity contribution in [1.29, 1.82) is 0 Å². The maximum Gasteiger partial charge on any atom is 0.331 e. The maximum atomic E-state index is 11.9. The van der Waals surface area contributed by atoms with Gasteiger partial charge in [0.2, 0.25) is 0 Å². The summed E-state index contributed by atoms with van der Waals surface area (Å²) in [4.78, 5) is 23.7. The van der Waals surface area contributed by atoms with E-state index in [2.05, 4.69) is 15.6 Å². The highest BCUT2D eigenvalue weighted by Crippen LogP contribution is 2.16. The fraction of sp³-hybridized carbons (Fsp3) is 0.143. The molecule has 0 aliphatic rings. The summed E-state index contributed by atoms with van der Waals surface area (Å²) < 4.78 is 11.7. The Bertz CT molecular complexity index is 999. The van der Waals surface area contributed by atoms with Crippen LogP contribution in [-0.4, -0.2) is 40.6 Å². The highest BCUT2D eigenvalue weighted by Gasteiger charge is 2.07. The van der Waals surface area contributed by atoms with E-state index < -0.39 is 18.5 Å². The van der Waals surface area contributed by atoms with E-state index >= 15 is 0 Å². The molecule has 0 atom stereocenters. The van der Waals surface area contributed by atoms with Gasteiger partial charge in [0.15, 0.2) is 6.61 Å². The number of nitrogens with zero attached hydrogens (tertiary/aromatic N) is 3. The lowest BCUT2D eigenvalue weighted by molar-refractivity contribution is -0.142. The number of aromatic nitrogens is 3. The van der Waals surface area contributed by atoms with Gasteiger partial charge >= 0.3 is 5.97 Å². The number of amides is 1. The Morgan fingerprint density at radius 3 is 2.76 bits per heavy atom. The number of nitrogens with one attached hydrogen (secondary N) is 1. The minimum absolute atomic E-state index is 0.402. The van der Waals surface area contributed by atoms with Crippen molar-refractivity contribution in [3.63, 3.8) is 0 Å². The van der Waals surface area contributed by atoms with Crippen molar-refractivity contribution in [2.75, 3.05) is 19.0 Å². The summed E-state index contributed by atoms with van der Waals surface area (Å²) in [6.07, 6.45) is 4.40. The lowest BCUT2D eigenvalue weighted by Gasteiger charge is -2.06. The van der Waals surface area contributed by atoms with E-state index in [1.165, 1.54) is 19.3 Å². The molecule has 0 radical (unpaired) electrons. The third-order valence-electron chi connectivity index (χ3n) is 3.83. The standard InChI is InChI=1S/C21H20N4O4/c1-28-19-9-5-8-17(12-19)22-20(26)15-29-21(27)11-10-18-14-25(24-23-18)13-16-6-3-2-4-7-16/h2-12,14H,13,15H2,1H3,(H,22,26)/b11-10+. The van der Waals surface area contributed by atoms with E-state index in [1.807, 2.05) is 30.3 Å². The molecule has 0 unspecified atom stereocenters. The van der Waals surface area contributed by atoms with Crippen LogP contribution in [-0.2, 0) is 20.9 Å². The van der Waals surface area contributed by atoms with Crippen LogP contribution in [0.3, 0.4) is 0 Å². The Kier molecular flexibility index (Phi) is 6.72. The zero-order valence-electron chi connectivity index (χ0n) is 15.8. The molecule has 3 aromatic rings. The van der Waals surface area contributed by atoms with Crippen molar-refractivity contribution < 1.29 is 19.1 Å². The normalized spacial score (nSPS) is 10.7. The summed E-state index contributed by atoms with van der Waals surface area (Å²) in [7, 11) is 1.54. The number of anilines is 1. The fourth-order valence-corrected chi connectivity index (χ4v) is 2.47. The van der Waals surface area contributed by atoms with Crippen molar-refractivity contribution in [3.8, 4) is 5.75 Å². The first kappa shape index (κ1) is 19.8. The Morgan fingerprint density at radius 2 is 1.97 bits per heavy atom. The molecule has 0 saturated carbocycles. The number of rotatable bonds is 8. The molecular formula is C21H20N4O4.